The normalized spacial score (nSPS) is 10.8. The lowest BCUT2D eigenvalue weighted by atomic mass is 10.3. The number of carbonyl (C=O) groups is 1. The first kappa shape index (κ1) is 22.4. The van der Waals surface area contributed by atoms with Crippen molar-refractivity contribution in [2.75, 3.05) is 32.0 Å². The van der Waals surface area contributed by atoms with E-state index in [1.54, 1.807) is 11.3 Å². The van der Waals surface area contributed by atoms with Crippen LogP contribution in [0.4, 0.5) is 10.1 Å². The van der Waals surface area contributed by atoms with Gasteiger partial charge < -0.3 is 15.5 Å². The molecule has 0 unspecified atom stereocenters. The fourth-order valence-electron chi connectivity index (χ4n) is 2.19. The number of hydrogen-bond acceptors (Lipinski definition) is 3. The molecule has 0 fully saturated rings. The molecule has 0 aliphatic rings. The summed E-state index contributed by atoms with van der Waals surface area (Å²) in [5, 5.41) is 7.96. The van der Waals surface area contributed by atoms with Crippen LogP contribution in [0.15, 0.2) is 46.8 Å². The van der Waals surface area contributed by atoms with Gasteiger partial charge in [0.15, 0.2) is 5.96 Å². The minimum Gasteiger partial charge on any atom is -0.357 e. The van der Waals surface area contributed by atoms with E-state index in [9.17, 15) is 9.18 Å². The van der Waals surface area contributed by atoms with Crippen LogP contribution in [0.3, 0.4) is 0 Å². The SMILES string of the molecule is CCNC(=NCC(=O)Nc1ccc(F)cc1)N(C)CCc1cccs1.I. The van der Waals surface area contributed by atoms with Gasteiger partial charge >= 0.3 is 0 Å². The summed E-state index contributed by atoms with van der Waals surface area (Å²) >= 11 is 1.73. The van der Waals surface area contributed by atoms with Crippen molar-refractivity contribution in [1.29, 1.82) is 0 Å². The summed E-state index contributed by atoms with van der Waals surface area (Å²) in [5.41, 5.74) is 0.553. The van der Waals surface area contributed by atoms with E-state index in [-0.39, 0.29) is 42.2 Å². The summed E-state index contributed by atoms with van der Waals surface area (Å²) in [7, 11) is 1.95. The first-order valence-electron chi connectivity index (χ1n) is 8.15. The van der Waals surface area contributed by atoms with Gasteiger partial charge in [-0.3, -0.25) is 4.79 Å². The zero-order valence-electron chi connectivity index (χ0n) is 14.9. The zero-order chi connectivity index (χ0) is 18.1. The number of thiophene rings is 1. The molecule has 0 aliphatic heterocycles. The zero-order valence-corrected chi connectivity index (χ0v) is 18.0. The summed E-state index contributed by atoms with van der Waals surface area (Å²) in [5.74, 6) is 0.111. The van der Waals surface area contributed by atoms with Crippen molar-refractivity contribution >= 4 is 52.9 Å². The Morgan fingerprint density at radius 2 is 2.00 bits per heavy atom. The Morgan fingerprint density at radius 1 is 1.27 bits per heavy atom. The van der Waals surface area contributed by atoms with Crippen LogP contribution < -0.4 is 10.6 Å². The standard InChI is InChI=1S/C18H23FN4OS.HI/c1-3-20-18(23(2)11-10-16-5-4-12-25-16)21-13-17(24)22-15-8-6-14(19)7-9-15;/h4-9,12H,3,10-11,13H2,1-2H3,(H,20,21)(H,22,24);1H. The van der Waals surface area contributed by atoms with Crippen molar-refractivity contribution in [3.05, 3.63) is 52.5 Å². The van der Waals surface area contributed by atoms with Crippen LogP contribution in [-0.2, 0) is 11.2 Å². The van der Waals surface area contributed by atoms with Crippen LogP contribution in [0.25, 0.3) is 0 Å². The van der Waals surface area contributed by atoms with Crippen LogP contribution >= 0.6 is 35.3 Å². The Hall–Kier alpha value is -1.68. The third-order valence-electron chi connectivity index (χ3n) is 3.47. The number of aliphatic imine (C=N–C) groups is 1. The van der Waals surface area contributed by atoms with E-state index >= 15 is 0 Å². The van der Waals surface area contributed by atoms with Gasteiger partial charge in [-0.2, -0.15) is 0 Å². The van der Waals surface area contributed by atoms with Crippen molar-refractivity contribution in [1.82, 2.24) is 10.2 Å². The molecule has 26 heavy (non-hydrogen) atoms. The molecule has 1 aromatic heterocycles. The maximum atomic E-state index is 12.9. The molecule has 0 saturated carbocycles. The smallest absolute Gasteiger partial charge is 0.246 e. The van der Waals surface area contributed by atoms with E-state index in [1.165, 1.54) is 29.1 Å². The second-order valence-corrected chi connectivity index (χ2v) is 6.51. The van der Waals surface area contributed by atoms with Gasteiger partial charge in [0.1, 0.15) is 12.4 Å². The van der Waals surface area contributed by atoms with Gasteiger partial charge in [0.05, 0.1) is 0 Å². The highest BCUT2D eigenvalue weighted by molar-refractivity contribution is 14.0. The Kier molecular flexibility index (Phi) is 10.2. The summed E-state index contributed by atoms with van der Waals surface area (Å²) in [6, 6.07) is 9.81. The topological polar surface area (TPSA) is 56.7 Å². The highest BCUT2D eigenvalue weighted by Crippen LogP contribution is 2.10. The van der Waals surface area contributed by atoms with Crippen LogP contribution in [0.2, 0.25) is 0 Å². The van der Waals surface area contributed by atoms with Gasteiger partial charge in [0, 0.05) is 30.7 Å². The van der Waals surface area contributed by atoms with E-state index in [4.69, 9.17) is 0 Å². The molecule has 0 spiro atoms. The number of carbonyl (C=O) groups excluding carboxylic acids is 1. The monoisotopic (exact) mass is 490 g/mol. The van der Waals surface area contributed by atoms with E-state index < -0.39 is 0 Å². The first-order valence-corrected chi connectivity index (χ1v) is 9.03. The molecular weight excluding hydrogens is 466 g/mol. The number of likely N-dealkylation sites (N-methyl/N-ethyl adjacent to an activating group) is 1. The van der Waals surface area contributed by atoms with Crippen LogP contribution in [0.5, 0.6) is 0 Å². The largest absolute Gasteiger partial charge is 0.357 e. The molecule has 0 radical (unpaired) electrons. The van der Waals surface area contributed by atoms with E-state index in [2.05, 4.69) is 27.1 Å². The molecule has 1 amide bonds. The van der Waals surface area contributed by atoms with Crippen molar-refractivity contribution in [3.8, 4) is 0 Å². The van der Waals surface area contributed by atoms with E-state index in [0.717, 1.165) is 19.5 Å². The Morgan fingerprint density at radius 3 is 2.62 bits per heavy atom. The third-order valence-corrected chi connectivity index (χ3v) is 4.41. The highest BCUT2D eigenvalue weighted by Gasteiger charge is 2.08. The lowest BCUT2D eigenvalue weighted by Crippen LogP contribution is -2.40. The van der Waals surface area contributed by atoms with Gasteiger partial charge in [0.2, 0.25) is 5.91 Å². The molecule has 0 aliphatic carbocycles. The molecule has 0 saturated heterocycles. The third kappa shape index (κ3) is 7.69. The lowest BCUT2D eigenvalue weighted by Gasteiger charge is -2.21. The predicted octanol–water partition coefficient (Wildman–Crippen LogP) is 3.58. The molecule has 5 nitrogen and oxygen atoms in total. The molecule has 0 bridgehead atoms. The minimum atomic E-state index is -0.335. The molecule has 2 aromatic rings. The second-order valence-electron chi connectivity index (χ2n) is 5.48. The summed E-state index contributed by atoms with van der Waals surface area (Å²) < 4.78 is 12.9. The predicted molar refractivity (Wildman–Crippen MR) is 117 cm³/mol. The van der Waals surface area contributed by atoms with Crippen LogP contribution in [0.1, 0.15) is 11.8 Å². The number of amides is 1. The number of nitrogens with one attached hydrogen (secondary N) is 2. The number of guanidine groups is 1. The van der Waals surface area contributed by atoms with Crippen molar-refractivity contribution in [3.63, 3.8) is 0 Å². The molecule has 0 atom stereocenters. The lowest BCUT2D eigenvalue weighted by molar-refractivity contribution is -0.114. The van der Waals surface area contributed by atoms with Crippen molar-refractivity contribution in [2.45, 2.75) is 13.3 Å². The fourth-order valence-corrected chi connectivity index (χ4v) is 2.89. The average molecular weight is 490 g/mol. The fraction of sp³-hybridized carbons (Fsp3) is 0.333. The molecule has 8 heteroatoms. The van der Waals surface area contributed by atoms with Gasteiger partial charge in [-0.1, -0.05) is 6.07 Å². The van der Waals surface area contributed by atoms with E-state index in [0.29, 0.717) is 11.6 Å². The quantitative estimate of drug-likeness (QED) is 0.355. The maximum absolute atomic E-state index is 12.9. The first-order chi connectivity index (χ1) is 12.1. The number of hydrogen-bond donors (Lipinski definition) is 2. The highest BCUT2D eigenvalue weighted by atomic mass is 127. The maximum Gasteiger partial charge on any atom is 0.246 e. The van der Waals surface area contributed by atoms with Crippen LogP contribution in [0, 0.1) is 5.82 Å². The number of anilines is 1. The van der Waals surface area contributed by atoms with Crippen molar-refractivity contribution in [2.24, 2.45) is 4.99 Å². The minimum absolute atomic E-state index is 0. The number of nitrogens with zero attached hydrogens (tertiary/aromatic N) is 2. The Balaban J connectivity index is 0.00000338. The van der Waals surface area contributed by atoms with Crippen LogP contribution in [-0.4, -0.2) is 43.4 Å². The molecule has 142 valence electrons. The number of halogens is 2. The van der Waals surface area contributed by atoms with Gasteiger partial charge in [0.25, 0.3) is 0 Å². The number of benzene rings is 1. The number of rotatable bonds is 7. The molecular formula is C18H24FIN4OS. The average Bonchev–Trinajstić information content (AvgIpc) is 3.12. The van der Waals surface area contributed by atoms with Gasteiger partial charge in [-0.15, -0.1) is 35.3 Å². The van der Waals surface area contributed by atoms with E-state index in [1.807, 2.05) is 24.9 Å². The molecule has 2 rings (SSSR count). The second kappa shape index (κ2) is 11.8. The Labute approximate surface area is 174 Å². The van der Waals surface area contributed by atoms with Gasteiger partial charge in [-0.25, -0.2) is 9.38 Å². The van der Waals surface area contributed by atoms with Crippen molar-refractivity contribution < 1.29 is 9.18 Å². The summed E-state index contributed by atoms with van der Waals surface area (Å²) in [4.78, 5) is 19.7. The molecule has 2 N–H and O–H groups in total. The Bertz CT molecular complexity index is 692. The van der Waals surface area contributed by atoms with Gasteiger partial charge in [-0.05, 0) is 49.1 Å². The summed E-state index contributed by atoms with van der Waals surface area (Å²) in [6.45, 7) is 3.53. The molecule has 1 heterocycles. The molecule has 1 aromatic carbocycles. The summed E-state index contributed by atoms with van der Waals surface area (Å²) in [6.07, 6.45) is 0.931.